The molecule has 0 spiro atoms. The smallest absolute Gasteiger partial charge is 0.331 e. The molecule has 14 atom stereocenters. The largest absolute Gasteiger partial charge is 0.450 e. The van der Waals surface area contributed by atoms with Gasteiger partial charge in [0.2, 0.25) is 0 Å². The molecule has 5 saturated carbocycles. The van der Waals surface area contributed by atoms with Crippen LogP contribution in [-0.2, 0) is 14.3 Å². The molecular formula is C36H54N2O8. The highest BCUT2D eigenvalue weighted by Gasteiger charge is 2.84. The third-order valence-corrected chi connectivity index (χ3v) is 14.8. The first kappa shape index (κ1) is 32.9. The van der Waals surface area contributed by atoms with Crippen LogP contribution in [0.15, 0.2) is 23.3 Å². The summed E-state index contributed by atoms with van der Waals surface area (Å²) in [5, 5.41) is 70.0. The second-order valence-electron chi connectivity index (χ2n) is 16.6. The first-order valence-corrected chi connectivity index (χ1v) is 17.7. The monoisotopic (exact) mass is 642 g/mol. The fourth-order valence-electron chi connectivity index (χ4n) is 12.6. The van der Waals surface area contributed by atoms with Gasteiger partial charge in [-0.05, 0) is 93.2 Å². The van der Waals surface area contributed by atoms with Crippen LogP contribution < -0.4 is 10.6 Å². The van der Waals surface area contributed by atoms with Crippen LogP contribution in [0.2, 0.25) is 0 Å². The molecule has 10 heteroatoms. The number of hydrogen-bond donors (Lipinski definition) is 7. The van der Waals surface area contributed by atoms with Crippen molar-refractivity contribution in [1.82, 2.24) is 10.6 Å². The van der Waals surface area contributed by atoms with Gasteiger partial charge in [0.05, 0.1) is 23.2 Å². The summed E-state index contributed by atoms with van der Waals surface area (Å²) in [4.78, 5) is 26.3. The lowest BCUT2D eigenvalue weighted by atomic mass is 9.35. The minimum absolute atomic E-state index is 0.107. The summed E-state index contributed by atoms with van der Waals surface area (Å²) in [7, 11) is 1.88. The van der Waals surface area contributed by atoms with Gasteiger partial charge < -0.3 is 45.7 Å². The summed E-state index contributed by atoms with van der Waals surface area (Å²) in [6.07, 6.45) is 4.67. The number of likely N-dealkylation sites (N-methyl/N-ethyl adjacent to an activating group) is 1. The molecule has 0 aromatic carbocycles. The molecule has 0 radical (unpaired) electrons. The minimum Gasteiger partial charge on any atom is -0.450 e. The Morgan fingerprint density at radius 3 is 2.50 bits per heavy atom. The highest BCUT2D eigenvalue weighted by Crippen LogP contribution is 2.75. The van der Waals surface area contributed by atoms with Gasteiger partial charge in [-0.1, -0.05) is 26.8 Å². The Labute approximate surface area is 272 Å². The van der Waals surface area contributed by atoms with Crippen LogP contribution in [0.5, 0.6) is 0 Å². The summed E-state index contributed by atoms with van der Waals surface area (Å²) in [6.45, 7) is 8.20. The van der Waals surface area contributed by atoms with Crippen molar-refractivity contribution in [2.24, 2.45) is 52.3 Å². The van der Waals surface area contributed by atoms with E-state index in [1.165, 1.54) is 0 Å². The second-order valence-corrected chi connectivity index (χ2v) is 16.6. The highest BCUT2D eigenvalue weighted by atomic mass is 16.5. The topological polar surface area (TPSA) is 169 Å². The zero-order valence-electron chi connectivity index (χ0n) is 27.7. The van der Waals surface area contributed by atoms with E-state index in [1.54, 1.807) is 6.08 Å². The van der Waals surface area contributed by atoms with Crippen molar-refractivity contribution in [1.29, 1.82) is 0 Å². The first-order chi connectivity index (χ1) is 21.7. The summed E-state index contributed by atoms with van der Waals surface area (Å²) in [5.74, 6) is -3.04. The van der Waals surface area contributed by atoms with Crippen molar-refractivity contribution in [2.75, 3.05) is 26.7 Å². The molecule has 10 nitrogen and oxygen atoms in total. The van der Waals surface area contributed by atoms with Crippen molar-refractivity contribution in [3.05, 3.63) is 23.3 Å². The van der Waals surface area contributed by atoms with Gasteiger partial charge in [0, 0.05) is 48.9 Å². The fraction of sp³-hybridized carbons (Fsp3) is 0.833. The van der Waals surface area contributed by atoms with E-state index in [0.29, 0.717) is 38.6 Å². The first-order valence-electron chi connectivity index (χ1n) is 17.7. The van der Waals surface area contributed by atoms with E-state index >= 15 is 0 Å². The molecule has 1 heterocycles. The van der Waals surface area contributed by atoms with Crippen molar-refractivity contribution in [3.8, 4) is 0 Å². The van der Waals surface area contributed by atoms with Gasteiger partial charge in [-0.15, -0.1) is 0 Å². The van der Waals surface area contributed by atoms with Crippen LogP contribution in [0, 0.1) is 52.3 Å². The summed E-state index contributed by atoms with van der Waals surface area (Å²) in [5.41, 5.74) is -6.30. The Hall–Kier alpha value is -1.66. The van der Waals surface area contributed by atoms with E-state index < -0.39 is 69.7 Å². The molecular weight excluding hydrogens is 588 g/mol. The quantitative estimate of drug-likeness (QED) is 0.0929. The standard InChI is InChI=1S/C36H54N2O8/c1-19(2)20-5-6-24-26(40)7-10-33(18-39)27-8-9-32(3)29-21(13-22(17-38-12-11-37-4)30-23(29)15-28(41)46-30)16-34(32,43)36(27,45)31(42)25(14-20)35(24,33)44/h13,15,18-21,24-27,29-31,37-38,40,42-45H,5-12,14,16-17H2,1-4H3. The van der Waals surface area contributed by atoms with Crippen LogP contribution in [0.25, 0.3) is 0 Å². The SMILES string of the molecule is CNCCNCC1=CC2CC3(O)C(C)(CCC4C5(C=O)CCC(O)C6CCC(C(C)C)CC(C(O)C43O)C65O)C2C2=CC(=O)OC12. The van der Waals surface area contributed by atoms with Gasteiger partial charge in [-0.25, -0.2) is 4.79 Å². The average molecular weight is 643 g/mol. The second kappa shape index (κ2) is 10.9. The molecule has 46 heavy (non-hydrogen) atoms. The predicted molar refractivity (Wildman–Crippen MR) is 169 cm³/mol. The molecule has 1 aliphatic heterocycles. The van der Waals surface area contributed by atoms with Gasteiger partial charge in [-0.3, -0.25) is 0 Å². The molecule has 0 aromatic rings. The van der Waals surface area contributed by atoms with Gasteiger partial charge in [0.15, 0.2) is 0 Å². The van der Waals surface area contributed by atoms with E-state index in [-0.39, 0.29) is 36.5 Å². The van der Waals surface area contributed by atoms with E-state index in [1.807, 2.05) is 14.0 Å². The van der Waals surface area contributed by atoms with Crippen LogP contribution >= 0.6 is 0 Å². The van der Waals surface area contributed by atoms with Gasteiger partial charge in [0.25, 0.3) is 0 Å². The Balaban J connectivity index is 1.36. The number of nitrogens with one attached hydrogen (secondary N) is 2. The Morgan fingerprint density at radius 1 is 1.04 bits per heavy atom. The summed E-state index contributed by atoms with van der Waals surface area (Å²) < 4.78 is 5.83. The zero-order valence-corrected chi connectivity index (χ0v) is 27.7. The molecule has 0 bridgehead atoms. The third-order valence-electron chi connectivity index (χ3n) is 14.8. The fourth-order valence-corrected chi connectivity index (χ4v) is 12.6. The minimum atomic E-state index is -2.10. The van der Waals surface area contributed by atoms with Crippen LogP contribution in [0.1, 0.15) is 72.1 Å². The number of aliphatic hydroxyl groups excluding tert-OH is 2. The maximum absolute atomic E-state index is 13.6. The number of aldehydes is 1. The van der Waals surface area contributed by atoms with E-state index in [9.17, 15) is 35.1 Å². The molecule has 7 rings (SSSR count). The molecule has 6 aliphatic carbocycles. The maximum Gasteiger partial charge on any atom is 0.331 e. The number of rotatable bonds is 7. The number of carbonyl (C=O) groups excluding carboxylic acids is 2. The predicted octanol–water partition coefficient (Wildman–Crippen LogP) is 1.24. The maximum atomic E-state index is 13.6. The normalized spacial score (nSPS) is 52.3. The number of ether oxygens (including phenoxy) is 1. The Bertz CT molecular complexity index is 1330. The van der Waals surface area contributed by atoms with E-state index in [2.05, 4.69) is 30.6 Å². The molecule has 256 valence electrons. The number of fused-ring (bicyclic) bond motifs is 8. The molecule has 5 fully saturated rings. The van der Waals surface area contributed by atoms with Crippen molar-refractivity contribution in [2.45, 2.75) is 107 Å². The van der Waals surface area contributed by atoms with Crippen molar-refractivity contribution >= 4 is 12.3 Å². The lowest BCUT2D eigenvalue weighted by Gasteiger charge is -2.72. The highest BCUT2D eigenvalue weighted by molar-refractivity contribution is 5.87. The summed E-state index contributed by atoms with van der Waals surface area (Å²) in [6, 6.07) is 0. The van der Waals surface area contributed by atoms with Crippen molar-refractivity contribution < 1.29 is 39.9 Å². The Kier molecular flexibility index (Phi) is 7.80. The zero-order chi connectivity index (χ0) is 33.0. The third kappa shape index (κ3) is 3.89. The number of esters is 1. The van der Waals surface area contributed by atoms with Gasteiger partial charge >= 0.3 is 5.97 Å². The lowest BCUT2D eigenvalue weighted by Crippen LogP contribution is -2.85. The molecule has 0 amide bonds. The molecule has 7 aliphatic rings. The lowest BCUT2D eigenvalue weighted by molar-refractivity contribution is -0.373. The van der Waals surface area contributed by atoms with Gasteiger partial charge in [0.1, 0.15) is 23.6 Å². The van der Waals surface area contributed by atoms with E-state index in [4.69, 9.17) is 4.74 Å². The number of allylic oxidation sites excluding steroid dienone is 1. The molecule has 14 unspecified atom stereocenters. The molecule has 0 aromatic heterocycles. The number of carbonyl (C=O) groups is 2. The van der Waals surface area contributed by atoms with Crippen LogP contribution in [-0.4, -0.2) is 99.6 Å². The van der Waals surface area contributed by atoms with Crippen LogP contribution in [0.4, 0.5) is 0 Å². The number of aliphatic hydroxyl groups is 5. The average Bonchev–Trinajstić information content (AvgIpc) is 3.44. The Morgan fingerprint density at radius 2 is 1.80 bits per heavy atom. The summed E-state index contributed by atoms with van der Waals surface area (Å²) >= 11 is 0. The van der Waals surface area contributed by atoms with E-state index in [0.717, 1.165) is 36.9 Å². The molecule has 7 N–H and O–H groups in total. The van der Waals surface area contributed by atoms with Gasteiger partial charge in [-0.2, -0.15) is 0 Å². The molecule has 0 saturated heterocycles. The van der Waals surface area contributed by atoms with Crippen LogP contribution in [0.3, 0.4) is 0 Å². The van der Waals surface area contributed by atoms with Crippen molar-refractivity contribution in [3.63, 3.8) is 0 Å². The number of hydrogen-bond acceptors (Lipinski definition) is 10.